The molecular weight excluding hydrogens is 350 g/mol. The SMILES string of the molecule is Cc1ccc2c(n1)oc1c(N3c4nccnc4N(C(C)C)[C@@H]3C)c(C)ccc12. The van der Waals surface area contributed by atoms with E-state index in [2.05, 4.69) is 70.6 Å². The van der Waals surface area contributed by atoms with Gasteiger partial charge in [0.05, 0.1) is 5.69 Å². The van der Waals surface area contributed by atoms with Crippen molar-refractivity contribution in [3.05, 3.63) is 47.9 Å². The van der Waals surface area contributed by atoms with Crippen LogP contribution in [-0.2, 0) is 0 Å². The van der Waals surface area contributed by atoms with Crippen LogP contribution >= 0.6 is 0 Å². The van der Waals surface area contributed by atoms with Crippen LogP contribution in [0.15, 0.2) is 41.1 Å². The number of nitrogens with zero attached hydrogens (tertiary/aromatic N) is 5. The van der Waals surface area contributed by atoms with Crippen molar-refractivity contribution < 1.29 is 4.42 Å². The van der Waals surface area contributed by atoms with Crippen molar-refractivity contribution in [2.24, 2.45) is 0 Å². The van der Waals surface area contributed by atoms with Gasteiger partial charge in [-0.1, -0.05) is 12.1 Å². The first kappa shape index (κ1) is 17.0. The third kappa shape index (κ3) is 2.24. The zero-order valence-corrected chi connectivity index (χ0v) is 16.8. The Bertz CT molecular complexity index is 1210. The molecule has 4 aromatic rings. The van der Waals surface area contributed by atoms with Gasteiger partial charge in [0, 0.05) is 34.9 Å². The molecule has 4 heterocycles. The summed E-state index contributed by atoms with van der Waals surface area (Å²) in [4.78, 5) is 18.4. The fourth-order valence-electron chi connectivity index (χ4n) is 4.32. The first-order chi connectivity index (χ1) is 13.5. The summed E-state index contributed by atoms with van der Waals surface area (Å²) in [5.41, 5.74) is 4.64. The lowest BCUT2D eigenvalue weighted by Crippen LogP contribution is -2.42. The van der Waals surface area contributed by atoms with E-state index in [1.807, 2.05) is 13.0 Å². The van der Waals surface area contributed by atoms with E-state index in [1.54, 1.807) is 12.4 Å². The Balaban J connectivity index is 1.82. The molecule has 6 nitrogen and oxygen atoms in total. The van der Waals surface area contributed by atoms with Gasteiger partial charge in [0.25, 0.3) is 0 Å². The van der Waals surface area contributed by atoms with E-state index in [-0.39, 0.29) is 6.17 Å². The van der Waals surface area contributed by atoms with E-state index < -0.39 is 0 Å². The summed E-state index contributed by atoms with van der Waals surface area (Å²) < 4.78 is 6.30. The van der Waals surface area contributed by atoms with Crippen LogP contribution < -0.4 is 9.80 Å². The summed E-state index contributed by atoms with van der Waals surface area (Å²) in [6.07, 6.45) is 3.58. The number of furan rings is 1. The molecule has 1 aliphatic heterocycles. The van der Waals surface area contributed by atoms with Gasteiger partial charge in [-0.3, -0.25) is 4.90 Å². The maximum Gasteiger partial charge on any atom is 0.227 e. The van der Waals surface area contributed by atoms with Crippen LogP contribution in [0.4, 0.5) is 17.3 Å². The van der Waals surface area contributed by atoms with Gasteiger partial charge < -0.3 is 9.32 Å². The molecule has 0 unspecified atom stereocenters. The molecule has 3 aromatic heterocycles. The minimum atomic E-state index is 0.0737. The lowest BCUT2D eigenvalue weighted by Gasteiger charge is -2.32. The van der Waals surface area contributed by atoms with Crippen LogP contribution in [-0.4, -0.2) is 27.2 Å². The molecule has 0 fully saturated rings. The molecular formula is C22H23N5O. The number of rotatable bonds is 2. The topological polar surface area (TPSA) is 58.3 Å². The largest absolute Gasteiger partial charge is 0.435 e. The Hall–Kier alpha value is -3.15. The van der Waals surface area contributed by atoms with Crippen molar-refractivity contribution >= 4 is 39.4 Å². The highest BCUT2D eigenvalue weighted by Gasteiger charge is 2.39. The number of benzene rings is 1. The maximum atomic E-state index is 6.30. The van der Waals surface area contributed by atoms with Gasteiger partial charge in [0.2, 0.25) is 5.71 Å². The number of hydrogen-bond donors (Lipinski definition) is 0. The predicted octanol–water partition coefficient (Wildman–Crippen LogP) is 5.10. The van der Waals surface area contributed by atoms with Crippen LogP contribution in [0, 0.1) is 13.8 Å². The van der Waals surface area contributed by atoms with Gasteiger partial charge in [-0.15, -0.1) is 0 Å². The molecule has 0 saturated carbocycles. The average Bonchev–Trinajstić information content (AvgIpc) is 3.16. The molecule has 5 rings (SSSR count). The molecule has 0 amide bonds. The molecule has 1 aromatic carbocycles. The van der Waals surface area contributed by atoms with Gasteiger partial charge in [0.1, 0.15) is 6.17 Å². The molecule has 0 aliphatic carbocycles. The summed E-state index contributed by atoms with van der Waals surface area (Å²) in [6.45, 7) is 10.6. The Morgan fingerprint density at radius 3 is 2.43 bits per heavy atom. The first-order valence-corrected chi connectivity index (χ1v) is 9.65. The number of hydrogen-bond acceptors (Lipinski definition) is 6. The van der Waals surface area contributed by atoms with Crippen LogP contribution in [0.25, 0.3) is 22.1 Å². The van der Waals surface area contributed by atoms with E-state index in [4.69, 9.17) is 4.42 Å². The highest BCUT2D eigenvalue weighted by atomic mass is 16.3. The number of anilines is 3. The van der Waals surface area contributed by atoms with Crippen LogP contribution in [0.2, 0.25) is 0 Å². The van der Waals surface area contributed by atoms with Gasteiger partial charge >= 0.3 is 0 Å². The van der Waals surface area contributed by atoms with Crippen molar-refractivity contribution in [2.45, 2.75) is 46.8 Å². The standard InChI is InChI=1S/C22H23N5O/c1-12(2)26-15(5)27(21-20(26)23-10-11-24-21)18-13(3)6-8-16-17-9-7-14(4)25-22(17)28-19(16)18/h6-12,15H,1-5H3/t15-/m0/s1. The van der Waals surface area contributed by atoms with Gasteiger partial charge in [-0.25, -0.2) is 15.0 Å². The molecule has 142 valence electrons. The molecule has 0 spiro atoms. The Kier molecular flexibility index (Phi) is 3.59. The van der Waals surface area contributed by atoms with Gasteiger partial charge in [0.15, 0.2) is 17.2 Å². The van der Waals surface area contributed by atoms with Gasteiger partial charge in [-0.05, 0) is 52.3 Å². The lowest BCUT2D eigenvalue weighted by atomic mass is 10.1. The second-order valence-corrected chi connectivity index (χ2v) is 7.72. The smallest absolute Gasteiger partial charge is 0.227 e. The van der Waals surface area contributed by atoms with Crippen molar-refractivity contribution in [3.63, 3.8) is 0 Å². The summed E-state index contributed by atoms with van der Waals surface area (Å²) in [5, 5.41) is 2.11. The van der Waals surface area contributed by atoms with E-state index >= 15 is 0 Å². The van der Waals surface area contributed by atoms with Crippen LogP contribution in [0.1, 0.15) is 32.0 Å². The molecule has 1 aliphatic rings. The predicted molar refractivity (Wildman–Crippen MR) is 112 cm³/mol. The normalized spacial score (nSPS) is 16.6. The highest BCUT2D eigenvalue weighted by Crippen LogP contribution is 2.46. The molecule has 28 heavy (non-hydrogen) atoms. The van der Waals surface area contributed by atoms with Crippen molar-refractivity contribution in [1.82, 2.24) is 15.0 Å². The number of aromatic nitrogens is 3. The van der Waals surface area contributed by atoms with Crippen molar-refractivity contribution in [2.75, 3.05) is 9.80 Å². The average molecular weight is 373 g/mol. The molecule has 6 heteroatoms. The molecule has 0 N–H and O–H groups in total. The molecule has 0 saturated heterocycles. The van der Waals surface area contributed by atoms with Crippen molar-refractivity contribution in [1.29, 1.82) is 0 Å². The number of pyridine rings is 1. The Morgan fingerprint density at radius 2 is 1.68 bits per heavy atom. The summed E-state index contributed by atoms with van der Waals surface area (Å²) in [5.74, 6) is 1.77. The highest BCUT2D eigenvalue weighted by molar-refractivity contribution is 6.09. The Labute approximate surface area is 163 Å². The monoisotopic (exact) mass is 373 g/mol. The third-order valence-corrected chi connectivity index (χ3v) is 5.53. The molecule has 0 bridgehead atoms. The second kappa shape index (κ2) is 5.92. The minimum Gasteiger partial charge on any atom is -0.435 e. The van der Waals surface area contributed by atoms with Crippen LogP contribution in [0.5, 0.6) is 0 Å². The van der Waals surface area contributed by atoms with E-state index in [1.165, 1.54) is 0 Å². The summed E-state index contributed by atoms with van der Waals surface area (Å²) >= 11 is 0. The number of fused-ring (bicyclic) bond motifs is 4. The summed E-state index contributed by atoms with van der Waals surface area (Å²) in [6, 6.07) is 8.68. The lowest BCUT2D eigenvalue weighted by molar-refractivity contribution is 0.597. The number of aryl methyl sites for hydroxylation is 2. The zero-order valence-electron chi connectivity index (χ0n) is 16.8. The first-order valence-electron chi connectivity index (χ1n) is 9.65. The minimum absolute atomic E-state index is 0.0737. The summed E-state index contributed by atoms with van der Waals surface area (Å²) in [7, 11) is 0. The third-order valence-electron chi connectivity index (χ3n) is 5.53. The molecule has 1 atom stereocenters. The van der Waals surface area contributed by atoms with E-state index in [0.29, 0.717) is 11.8 Å². The Morgan fingerprint density at radius 1 is 0.964 bits per heavy atom. The fourth-order valence-corrected chi connectivity index (χ4v) is 4.32. The second-order valence-electron chi connectivity index (χ2n) is 7.72. The van der Waals surface area contributed by atoms with Crippen molar-refractivity contribution in [3.8, 4) is 0 Å². The fraction of sp³-hybridized carbons (Fsp3) is 0.318. The van der Waals surface area contributed by atoms with E-state index in [9.17, 15) is 0 Å². The maximum absolute atomic E-state index is 6.30. The quantitative estimate of drug-likeness (QED) is 0.487. The zero-order chi connectivity index (χ0) is 19.6. The van der Waals surface area contributed by atoms with E-state index in [0.717, 1.165) is 44.9 Å². The van der Waals surface area contributed by atoms with Gasteiger partial charge in [-0.2, -0.15) is 0 Å². The van der Waals surface area contributed by atoms with Crippen LogP contribution in [0.3, 0.4) is 0 Å². The molecule has 0 radical (unpaired) electrons.